The number of ether oxygens (including phenoxy) is 2. The van der Waals surface area contributed by atoms with E-state index in [4.69, 9.17) is 4.74 Å². The molecule has 0 N–H and O–H groups in total. The maximum absolute atomic E-state index is 12.0. The third-order valence-corrected chi connectivity index (χ3v) is 4.09. The summed E-state index contributed by atoms with van der Waals surface area (Å²) in [7, 11) is 1.32. The summed E-state index contributed by atoms with van der Waals surface area (Å²) in [6.45, 7) is 3.32. The van der Waals surface area contributed by atoms with Gasteiger partial charge in [0, 0.05) is 19.2 Å². The zero-order valence-electron chi connectivity index (χ0n) is 14.6. The molecule has 0 saturated carbocycles. The van der Waals surface area contributed by atoms with Crippen molar-refractivity contribution in [1.82, 2.24) is 4.90 Å². The van der Waals surface area contributed by atoms with Crippen LogP contribution in [-0.2, 0) is 19.1 Å². The van der Waals surface area contributed by atoms with Crippen molar-refractivity contribution in [2.24, 2.45) is 5.92 Å². The van der Waals surface area contributed by atoms with E-state index in [1.165, 1.54) is 13.2 Å². The number of benzene rings is 1. The fraction of sp³-hybridized carbons (Fsp3) is 0.421. The van der Waals surface area contributed by atoms with Crippen molar-refractivity contribution in [1.29, 1.82) is 0 Å². The van der Waals surface area contributed by atoms with Gasteiger partial charge in [-0.1, -0.05) is 19.1 Å². The van der Waals surface area contributed by atoms with Gasteiger partial charge in [-0.3, -0.25) is 4.79 Å². The molecule has 0 radical (unpaired) electrons. The number of esters is 2. The molecule has 0 aliphatic carbocycles. The molecule has 1 aromatic rings. The summed E-state index contributed by atoms with van der Waals surface area (Å²) in [6.07, 6.45) is 4.94. The molecule has 134 valence electrons. The fourth-order valence-corrected chi connectivity index (χ4v) is 2.70. The average molecular weight is 345 g/mol. The van der Waals surface area contributed by atoms with Crippen LogP contribution >= 0.6 is 0 Å². The van der Waals surface area contributed by atoms with Gasteiger partial charge in [-0.15, -0.1) is 0 Å². The van der Waals surface area contributed by atoms with Crippen LogP contribution in [0.2, 0.25) is 0 Å². The van der Waals surface area contributed by atoms with Crippen molar-refractivity contribution in [3.05, 3.63) is 41.5 Å². The molecule has 1 saturated heterocycles. The molecule has 1 aliphatic rings. The van der Waals surface area contributed by atoms with E-state index in [0.717, 1.165) is 31.5 Å². The first-order chi connectivity index (χ1) is 12.0. The SMILES string of the molecule is COC(=O)c1ccc(/C=C/C(=O)OCC(=O)N2CCC[C@H](C)C2)cc1. The van der Waals surface area contributed by atoms with Gasteiger partial charge in [0.2, 0.25) is 0 Å². The van der Waals surface area contributed by atoms with Crippen molar-refractivity contribution >= 4 is 23.9 Å². The van der Waals surface area contributed by atoms with Gasteiger partial charge < -0.3 is 14.4 Å². The number of carbonyl (C=O) groups excluding carboxylic acids is 3. The van der Waals surface area contributed by atoms with Crippen LogP contribution in [0.1, 0.15) is 35.7 Å². The minimum Gasteiger partial charge on any atom is -0.465 e. The predicted octanol–water partition coefficient (Wildman–Crippen LogP) is 2.29. The Balaban J connectivity index is 1.80. The highest BCUT2D eigenvalue weighted by Gasteiger charge is 2.21. The first-order valence-corrected chi connectivity index (χ1v) is 8.30. The minimum atomic E-state index is -0.574. The summed E-state index contributed by atoms with van der Waals surface area (Å²) >= 11 is 0. The van der Waals surface area contributed by atoms with E-state index >= 15 is 0 Å². The monoisotopic (exact) mass is 345 g/mol. The number of hydrogen-bond donors (Lipinski definition) is 0. The molecular weight excluding hydrogens is 322 g/mol. The van der Waals surface area contributed by atoms with Crippen LogP contribution in [0, 0.1) is 5.92 Å². The molecule has 1 aliphatic heterocycles. The lowest BCUT2D eigenvalue weighted by Gasteiger charge is -2.30. The Bertz CT molecular complexity index is 650. The van der Waals surface area contributed by atoms with Gasteiger partial charge in [-0.2, -0.15) is 0 Å². The Morgan fingerprint density at radius 3 is 2.60 bits per heavy atom. The smallest absolute Gasteiger partial charge is 0.337 e. The molecule has 1 fully saturated rings. The van der Waals surface area contributed by atoms with Gasteiger partial charge in [0.1, 0.15) is 0 Å². The summed E-state index contributed by atoms with van der Waals surface area (Å²) in [5.74, 6) is -0.659. The van der Waals surface area contributed by atoms with Crippen molar-refractivity contribution in [2.75, 3.05) is 26.8 Å². The van der Waals surface area contributed by atoms with Gasteiger partial charge in [0.15, 0.2) is 6.61 Å². The van der Waals surface area contributed by atoms with E-state index in [2.05, 4.69) is 11.7 Å². The summed E-state index contributed by atoms with van der Waals surface area (Å²) in [6, 6.07) is 6.60. The molecule has 6 heteroatoms. The minimum absolute atomic E-state index is 0.157. The summed E-state index contributed by atoms with van der Waals surface area (Å²) in [5.41, 5.74) is 1.17. The van der Waals surface area contributed by atoms with E-state index < -0.39 is 11.9 Å². The first kappa shape index (κ1) is 18.7. The highest BCUT2D eigenvalue weighted by molar-refractivity contribution is 5.91. The molecule has 2 rings (SSSR count). The van der Waals surface area contributed by atoms with Crippen molar-refractivity contribution < 1.29 is 23.9 Å². The van der Waals surface area contributed by atoms with Crippen LogP contribution in [0.25, 0.3) is 6.08 Å². The van der Waals surface area contributed by atoms with Crippen LogP contribution in [0.5, 0.6) is 0 Å². The first-order valence-electron chi connectivity index (χ1n) is 8.30. The summed E-state index contributed by atoms with van der Waals surface area (Å²) < 4.78 is 9.62. The van der Waals surface area contributed by atoms with Crippen molar-refractivity contribution in [3.63, 3.8) is 0 Å². The van der Waals surface area contributed by atoms with E-state index in [-0.39, 0.29) is 12.5 Å². The molecule has 25 heavy (non-hydrogen) atoms. The van der Waals surface area contributed by atoms with Crippen LogP contribution in [-0.4, -0.2) is 49.6 Å². The highest BCUT2D eigenvalue weighted by atomic mass is 16.5. The maximum Gasteiger partial charge on any atom is 0.337 e. The van der Waals surface area contributed by atoms with Crippen molar-refractivity contribution in [3.8, 4) is 0 Å². The number of nitrogens with zero attached hydrogens (tertiary/aromatic N) is 1. The Hall–Kier alpha value is -2.63. The number of likely N-dealkylation sites (tertiary alicyclic amines) is 1. The van der Waals surface area contributed by atoms with E-state index in [9.17, 15) is 14.4 Å². The zero-order chi connectivity index (χ0) is 18.2. The maximum atomic E-state index is 12.0. The van der Waals surface area contributed by atoms with Gasteiger partial charge in [-0.25, -0.2) is 9.59 Å². The van der Waals surface area contributed by atoms with Crippen LogP contribution in [0.15, 0.2) is 30.3 Å². The second-order valence-electron chi connectivity index (χ2n) is 6.14. The Kier molecular flexibility index (Phi) is 6.74. The zero-order valence-corrected chi connectivity index (χ0v) is 14.6. The van der Waals surface area contributed by atoms with E-state index in [1.54, 1.807) is 35.2 Å². The topological polar surface area (TPSA) is 72.9 Å². The molecule has 0 aromatic heterocycles. The van der Waals surface area contributed by atoms with Crippen LogP contribution in [0.3, 0.4) is 0 Å². The molecular formula is C19H23NO5. The fourth-order valence-electron chi connectivity index (χ4n) is 2.70. The van der Waals surface area contributed by atoms with Crippen LogP contribution in [0.4, 0.5) is 0 Å². The average Bonchev–Trinajstić information content (AvgIpc) is 2.64. The number of carbonyl (C=O) groups is 3. The van der Waals surface area contributed by atoms with Gasteiger partial charge in [-0.05, 0) is 42.5 Å². The standard InChI is InChI=1S/C19H23NO5/c1-14-4-3-11-20(12-14)17(21)13-25-18(22)10-7-15-5-8-16(9-6-15)19(23)24-2/h5-10,14H,3-4,11-13H2,1-2H3/b10-7+/t14-/m0/s1. The van der Waals surface area contributed by atoms with Gasteiger partial charge in [0.05, 0.1) is 12.7 Å². The summed E-state index contributed by atoms with van der Waals surface area (Å²) in [4.78, 5) is 36.9. The lowest BCUT2D eigenvalue weighted by molar-refractivity contribution is -0.149. The van der Waals surface area contributed by atoms with E-state index in [0.29, 0.717) is 11.5 Å². The molecule has 1 aromatic carbocycles. The summed E-state index contributed by atoms with van der Waals surface area (Å²) in [5, 5.41) is 0. The Morgan fingerprint density at radius 2 is 1.96 bits per heavy atom. The van der Waals surface area contributed by atoms with E-state index in [1.807, 2.05) is 0 Å². The van der Waals surface area contributed by atoms with Gasteiger partial charge >= 0.3 is 11.9 Å². The molecule has 0 unspecified atom stereocenters. The molecule has 1 heterocycles. The Morgan fingerprint density at radius 1 is 1.24 bits per heavy atom. The lowest BCUT2D eigenvalue weighted by Crippen LogP contribution is -2.41. The van der Waals surface area contributed by atoms with Crippen LogP contribution < -0.4 is 0 Å². The second-order valence-corrected chi connectivity index (χ2v) is 6.14. The molecule has 1 atom stereocenters. The lowest BCUT2D eigenvalue weighted by atomic mass is 10.0. The molecule has 0 bridgehead atoms. The number of hydrogen-bond acceptors (Lipinski definition) is 5. The Labute approximate surface area is 147 Å². The molecule has 1 amide bonds. The predicted molar refractivity (Wildman–Crippen MR) is 92.8 cm³/mol. The highest BCUT2D eigenvalue weighted by Crippen LogP contribution is 2.15. The number of rotatable bonds is 5. The van der Waals surface area contributed by atoms with Crippen molar-refractivity contribution in [2.45, 2.75) is 19.8 Å². The number of piperidine rings is 1. The second kappa shape index (κ2) is 9.01. The molecule has 0 spiro atoms. The van der Waals surface area contributed by atoms with Gasteiger partial charge in [0.25, 0.3) is 5.91 Å². The largest absolute Gasteiger partial charge is 0.465 e. The number of methoxy groups -OCH3 is 1. The quantitative estimate of drug-likeness (QED) is 0.605. The third-order valence-electron chi connectivity index (χ3n) is 4.09. The number of amides is 1. The third kappa shape index (κ3) is 5.74. The molecule has 6 nitrogen and oxygen atoms in total. The normalized spacial score (nSPS) is 17.4.